The van der Waals surface area contributed by atoms with E-state index in [1.807, 2.05) is 11.3 Å². The molecule has 0 unspecified atom stereocenters. The average molecular weight is 277 g/mol. The smallest absolute Gasteiger partial charge is 0.0305 e. The minimum Gasteiger partial charge on any atom is -0.308 e. The third-order valence-electron chi connectivity index (χ3n) is 2.99. The molecule has 0 amide bonds. The van der Waals surface area contributed by atoms with Crippen molar-refractivity contribution in [2.24, 2.45) is 0 Å². The lowest BCUT2D eigenvalue weighted by Gasteiger charge is -2.06. The van der Waals surface area contributed by atoms with E-state index in [9.17, 15) is 0 Å². The minimum atomic E-state index is 0.940. The van der Waals surface area contributed by atoms with E-state index in [0.717, 1.165) is 19.5 Å². The molecule has 0 aliphatic heterocycles. The van der Waals surface area contributed by atoms with Gasteiger partial charge in [0.15, 0.2) is 0 Å². The summed E-state index contributed by atoms with van der Waals surface area (Å²) in [7, 11) is 0. The molecule has 1 aromatic heterocycles. The molecule has 0 radical (unpaired) electrons. The highest BCUT2D eigenvalue weighted by atomic mass is 32.2. The van der Waals surface area contributed by atoms with Crippen molar-refractivity contribution >= 4 is 23.1 Å². The highest BCUT2D eigenvalue weighted by Crippen LogP contribution is 2.18. The predicted molar refractivity (Wildman–Crippen MR) is 82.5 cm³/mol. The molecule has 0 atom stereocenters. The van der Waals surface area contributed by atoms with Crippen molar-refractivity contribution in [3.8, 4) is 0 Å². The van der Waals surface area contributed by atoms with Crippen LogP contribution in [-0.2, 0) is 19.5 Å². The van der Waals surface area contributed by atoms with Crippen molar-refractivity contribution in [1.29, 1.82) is 0 Å². The molecule has 1 N–H and O–H groups in total. The van der Waals surface area contributed by atoms with Crippen LogP contribution in [0.3, 0.4) is 0 Å². The van der Waals surface area contributed by atoms with Gasteiger partial charge in [0.1, 0.15) is 0 Å². The van der Waals surface area contributed by atoms with Gasteiger partial charge in [0.2, 0.25) is 0 Å². The largest absolute Gasteiger partial charge is 0.308 e. The van der Waals surface area contributed by atoms with Crippen LogP contribution in [0.15, 0.2) is 40.6 Å². The van der Waals surface area contributed by atoms with E-state index in [1.165, 1.54) is 20.9 Å². The van der Waals surface area contributed by atoms with Crippen LogP contribution >= 0.6 is 23.1 Å². The zero-order valence-electron chi connectivity index (χ0n) is 10.9. The normalized spacial score (nSPS) is 10.8. The Labute approximate surface area is 118 Å². The summed E-state index contributed by atoms with van der Waals surface area (Å²) in [5.74, 6) is 0. The Hall–Kier alpha value is -0.770. The highest BCUT2D eigenvalue weighted by Gasteiger charge is 2.01. The first-order chi connectivity index (χ1) is 8.83. The number of hydrogen-bond donors (Lipinski definition) is 1. The summed E-state index contributed by atoms with van der Waals surface area (Å²) in [5, 5.41) is 5.70. The highest BCUT2D eigenvalue weighted by molar-refractivity contribution is 7.98. The van der Waals surface area contributed by atoms with Crippen LogP contribution in [0, 0.1) is 0 Å². The molecule has 1 aromatic carbocycles. The third-order valence-corrected chi connectivity index (χ3v) is 4.70. The fourth-order valence-electron chi connectivity index (χ4n) is 1.90. The van der Waals surface area contributed by atoms with Gasteiger partial charge in [0, 0.05) is 22.9 Å². The van der Waals surface area contributed by atoms with Gasteiger partial charge in [-0.15, -0.1) is 23.1 Å². The van der Waals surface area contributed by atoms with E-state index in [4.69, 9.17) is 0 Å². The molecule has 18 heavy (non-hydrogen) atoms. The first-order valence-corrected chi connectivity index (χ1v) is 8.32. The molecule has 96 valence electrons. The zero-order valence-corrected chi connectivity index (χ0v) is 12.5. The Bertz CT molecular complexity index is 473. The Morgan fingerprint density at radius 2 is 1.89 bits per heavy atom. The van der Waals surface area contributed by atoms with Gasteiger partial charge in [0.05, 0.1) is 0 Å². The second kappa shape index (κ2) is 6.98. The summed E-state index contributed by atoms with van der Waals surface area (Å²) >= 11 is 3.64. The molecule has 0 saturated heterocycles. The molecule has 1 heterocycles. The van der Waals surface area contributed by atoms with Crippen molar-refractivity contribution in [3.63, 3.8) is 0 Å². The summed E-state index contributed by atoms with van der Waals surface area (Å²) in [5.41, 5.74) is 2.83. The Morgan fingerprint density at radius 1 is 1.11 bits per heavy atom. The molecule has 2 rings (SSSR count). The molecule has 3 heteroatoms. The number of hydrogen-bond acceptors (Lipinski definition) is 3. The number of nitrogens with one attached hydrogen (secondary N) is 1. The van der Waals surface area contributed by atoms with Crippen LogP contribution in [0.2, 0.25) is 0 Å². The van der Waals surface area contributed by atoms with Crippen molar-refractivity contribution in [2.75, 3.05) is 6.26 Å². The quantitative estimate of drug-likeness (QED) is 0.789. The molecule has 0 aliphatic rings. The maximum absolute atomic E-state index is 3.52. The van der Waals surface area contributed by atoms with E-state index >= 15 is 0 Å². The number of rotatable bonds is 6. The standard InChI is InChI=1S/C15H19NS2/c1-3-13-8-9-18-15(13)11-16-10-12-4-6-14(17-2)7-5-12/h4-9,16H,3,10-11H2,1-2H3. The van der Waals surface area contributed by atoms with Crippen LogP contribution in [0.5, 0.6) is 0 Å². The van der Waals surface area contributed by atoms with Gasteiger partial charge < -0.3 is 5.32 Å². The molecule has 0 spiro atoms. The van der Waals surface area contributed by atoms with Crippen LogP contribution in [0.25, 0.3) is 0 Å². The molecule has 0 fully saturated rings. The Morgan fingerprint density at radius 3 is 2.56 bits per heavy atom. The summed E-state index contributed by atoms with van der Waals surface area (Å²) in [6.45, 7) is 4.13. The van der Waals surface area contributed by atoms with Crippen molar-refractivity contribution < 1.29 is 0 Å². The lowest BCUT2D eigenvalue weighted by molar-refractivity contribution is 0.696. The fraction of sp³-hybridized carbons (Fsp3) is 0.333. The van der Waals surface area contributed by atoms with E-state index in [0.29, 0.717) is 0 Å². The molecule has 2 aromatic rings. The van der Waals surface area contributed by atoms with Crippen LogP contribution in [0.4, 0.5) is 0 Å². The van der Waals surface area contributed by atoms with Crippen molar-refractivity contribution in [2.45, 2.75) is 31.3 Å². The second-order valence-electron chi connectivity index (χ2n) is 4.17. The number of thiophene rings is 1. The van der Waals surface area contributed by atoms with Crippen molar-refractivity contribution in [3.05, 3.63) is 51.7 Å². The number of thioether (sulfide) groups is 1. The molecule has 0 aliphatic carbocycles. The van der Waals surface area contributed by atoms with Crippen LogP contribution < -0.4 is 5.32 Å². The monoisotopic (exact) mass is 277 g/mol. The third kappa shape index (κ3) is 3.61. The summed E-state index contributed by atoms with van der Waals surface area (Å²) in [6.07, 6.45) is 3.24. The maximum atomic E-state index is 3.52. The average Bonchev–Trinajstić information content (AvgIpc) is 2.87. The van der Waals surface area contributed by atoms with Gasteiger partial charge in [0.25, 0.3) is 0 Å². The molecule has 1 nitrogen and oxygen atoms in total. The van der Waals surface area contributed by atoms with Crippen molar-refractivity contribution in [1.82, 2.24) is 5.32 Å². The predicted octanol–water partition coefficient (Wildman–Crippen LogP) is 4.32. The summed E-state index contributed by atoms with van der Waals surface area (Å²) in [6, 6.07) is 11.0. The van der Waals surface area contributed by atoms with Gasteiger partial charge in [-0.1, -0.05) is 19.1 Å². The summed E-state index contributed by atoms with van der Waals surface area (Å²) < 4.78 is 0. The molecule has 0 saturated carbocycles. The first kappa shape index (κ1) is 13.7. The molecular formula is C15H19NS2. The van der Waals surface area contributed by atoms with Crippen LogP contribution in [0.1, 0.15) is 22.9 Å². The van der Waals surface area contributed by atoms with Gasteiger partial charge in [-0.25, -0.2) is 0 Å². The van der Waals surface area contributed by atoms with Crippen LogP contribution in [-0.4, -0.2) is 6.26 Å². The van der Waals surface area contributed by atoms with Gasteiger partial charge in [-0.3, -0.25) is 0 Å². The number of benzene rings is 1. The topological polar surface area (TPSA) is 12.0 Å². The molecular weight excluding hydrogens is 258 g/mol. The minimum absolute atomic E-state index is 0.940. The van der Waals surface area contributed by atoms with E-state index < -0.39 is 0 Å². The van der Waals surface area contributed by atoms with E-state index in [-0.39, 0.29) is 0 Å². The Balaban J connectivity index is 1.84. The Kier molecular flexibility index (Phi) is 5.29. The van der Waals surface area contributed by atoms with E-state index in [2.05, 4.69) is 54.2 Å². The fourth-order valence-corrected chi connectivity index (χ4v) is 3.25. The van der Waals surface area contributed by atoms with Gasteiger partial charge >= 0.3 is 0 Å². The van der Waals surface area contributed by atoms with Gasteiger partial charge in [-0.05, 0) is 47.4 Å². The van der Waals surface area contributed by atoms with Gasteiger partial charge in [-0.2, -0.15) is 0 Å². The maximum Gasteiger partial charge on any atom is 0.0305 e. The SMILES string of the molecule is CCc1ccsc1CNCc1ccc(SC)cc1. The molecule has 0 bridgehead atoms. The summed E-state index contributed by atoms with van der Waals surface area (Å²) in [4.78, 5) is 2.79. The number of aryl methyl sites for hydroxylation is 1. The lowest BCUT2D eigenvalue weighted by atomic mass is 10.2. The zero-order chi connectivity index (χ0) is 12.8. The first-order valence-electron chi connectivity index (χ1n) is 6.22. The second-order valence-corrected chi connectivity index (χ2v) is 6.05. The van der Waals surface area contributed by atoms with E-state index in [1.54, 1.807) is 11.8 Å². The lowest BCUT2D eigenvalue weighted by Crippen LogP contribution is -2.12.